The zero-order valence-electron chi connectivity index (χ0n) is 13.4. The number of nitrogens with zero attached hydrogens (tertiary/aromatic N) is 1. The van der Waals surface area contributed by atoms with Crippen molar-refractivity contribution in [1.29, 1.82) is 0 Å². The number of nitrogens with two attached hydrogens (primary N) is 1. The van der Waals surface area contributed by atoms with Crippen molar-refractivity contribution in [2.45, 2.75) is 52.0 Å². The molecule has 2 rings (SSSR count). The van der Waals surface area contributed by atoms with Crippen molar-refractivity contribution >= 4 is 0 Å². The fourth-order valence-electron chi connectivity index (χ4n) is 3.18. The predicted octanol–water partition coefficient (Wildman–Crippen LogP) is 4.04. The van der Waals surface area contributed by atoms with Crippen LogP contribution in [0.2, 0.25) is 0 Å². The molecule has 1 aromatic carbocycles. The van der Waals surface area contributed by atoms with Gasteiger partial charge in [-0.15, -0.1) is 0 Å². The Labute approximate surface area is 128 Å². The first-order valence-corrected chi connectivity index (χ1v) is 8.34. The third-order valence-corrected chi connectivity index (χ3v) is 4.90. The summed E-state index contributed by atoms with van der Waals surface area (Å²) < 4.78 is 13.6. The largest absolute Gasteiger partial charge is 0.324 e. The summed E-state index contributed by atoms with van der Waals surface area (Å²) in [5.41, 5.74) is 7.83. The van der Waals surface area contributed by atoms with E-state index in [0.717, 1.165) is 24.4 Å². The van der Waals surface area contributed by atoms with Crippen LogP contribution in [0.4, 0.5) is 4.39 Å². The number of likely N-dealkylation sites (tertiary alicyclic amines) is 1. The first-order chi connectivity index (χ1) is 10.1. The number of hydrogen-bond donors (Lipinski definition) is 1. The van der Waals surface area contributed by atoms with Gasteiger partial charge in [0.05, 0.1) is 0 Å². The lowest BCUT2D eigenvalue weighted by Gasteiger charge is -2.22. The van der Waals surface area contributed by atoms with Gasteiger partial charge in [-0.1, -0.05) is 25.5 Å². The molecular weight excluding hydrogens is 263 g/mol. The first-order valence-electron chi connectivity index (χ1n) is 8.34. The van der Waals surface area contributed by atoms with Gasteiger partial charge in [-0.2, -0.15) is 0 Å². The average Bonchev–Trinajstić information content (AvgIpc) is 2.72. The maximum absolute atomic E-state index is 13.6. The minimum Gasteiger partial charge on any atom is -0.324 e. The summed E-state index contributed by atoms with van der Waals surface area (Å²) in [5, 5.41) is 0. The van der Waals surface area contributed by atoms with Crippen LogP contribution in [-0.4, -0.2) is 24.5 Å². The molecule has 21 heavy (non-hydrogen) atoms. The fourth-order valence-corrected chi connectivity index (χ4v) is 3.18. The quantitative estimate of drug-likeness (QED) is 0.887. The molecule has 1 aliphatic rings. The van der Waals surface area contributed by atoms with E-state index in [2.05, 4.69) is 11.8 Å². The van der Waals surface area contributed by atoms with Crippen LogP contribution < -0.4 is 5.73 Å². The van der Waals surface area contributed by atoms with Gasteiger partial charge >= 0.3 is 0 Å². The zero-order valence-corrected chi connectivity index (χ0v) is 13.4. The van der Waals surface area contributed by atoms with E-state index in [0.29, 0.717) is 5.56 Å². The highest BCUT2D eigenvalue weighted by molar-refractivity contribution is 5.25. The summed E-state index contributed by atoms with van der Waals surface area (Å²) in [7, 11) is 0. The molecule has 118 valence electrons. The Kier molecular flexibility index (Phi) is 6.19. The monoisotopic (exact) mass is 292 g/mol. The second-order valence-corrected chi connectivity index (χ2v) is 6.45. The Morgan fingerprint density at radius 1 is 1.33 bits per heavy atom. The normalized spacial score (nSPS) is 22.0. The van der Waals surface area contributed by atoms with Crippen LogP contribution in [0.15, 0.2) is 18.2 Å². The van der Waals surface area contributed by atoms with Crippen LogP contribution in [0.5, 0.6) is 0 Å². The molecule has 0 saturated carbocycles. The molecule has 0 aromatic heterocycles. The molecule has 0 aliphatic carbocycles. The van der Waals surface area contributed by atoms with E-state index < -0.39 is 0 Å². The van der Waals surface area contributed by atoms with Gasteiger partial charge in [-0.25, -0.2) is 4.39 Å². The van der Waals surface area contributed by atoms with Crippen LogP contribution in [-0.2, 0) is 0 Å². The molecule has 3 heteroatoms. The molecule has 1 heterocycles. The van der Waals surface area contributed by atoms with Crippen LogP contribution in [0.3, 0.4) is 0 Å². The number of hydrogen-bond acceptors (Lipinski definition) is 2. The van der Waals surface area contributed by atoms with E-state index in [-0.39, 0.29) is 11.9 Å². The van der Waals surface area contributed by atoms with Gasteiger partial charge in [-0.05, 0) is 75.4 Å². The number of halogens is 1. The lowest BCUT2D eigenvalue weighted by atomic mass is 9.98. The van der Waals surface area contributed by atoms with Gasteiger partial charge in [0.2, 0.25) is 0 Å². The summed E-state index contributed by atoms with van der Waals surface area (Å²) in [6, 6.07) is 5.31. The molecule has 1 fully saturated rings. The summed E-state index contributed by atoms with van der Waals surface area (Å²) in [6.45, 7) is 7.47. The maximum Gasteiger partial charge on any atom is 0.126 e. The highest BCUT2D eigenvalue weighted by Crippen LogP contribution is 2.22. The molecule has 1 saturated heterocycles. The van der Waals surface area contributed by atoms with Gasteiger partial charge in [0.1, 0.15) is 5.82 Å². The molecule has 2 unspecified atom stereocenters. The molecular formula is C18H29FN2. The summed E-state index contributed by atoms with van der Waals surface area (Å²) in [4.78, 5) is 2.53. The molecule has 0 spiro atoms. The predicted molar refractivity (Wildman–Crippen MR) is 86.8 cm³/mol. The van der Waals surface area contributed by atoms with E-state index >= 15 is 0 Å². The third kappa shape index (κ3) is 4.79. The van der Waals surface area contributed by atoms with E-state index in [9.17, 15) is 4.39 Å². The Bertz CT molecular complexity index is 447. The van der Waals surface area contributed by atoms with Crippen LogP contribution >= 0.6 is 0 Å². The Hall–Kier alpha value is -0.930. The van der Waals surface area contributed by atoms with Gasteiger partial charge in [0, 0.05) is 6.04 Å². The maximum atomic E-state index is 13.6. The second-order valence-electron chi connectivity index (χ2n) is 6.45. The van der Waals surface area contributed by atoms with Crippen LogP contribution in [0.25, 0.3) is 0 Å². The number of benzene rings is 1. The number of aryl methyl sites for hydroxylation is 1. The lowest BCUT2D eigenvalue weighted by Crippen LogP contribution is -2.28. The van der Waals surface area contributed by atoms with E-state index in [1.165, 1.54) is 38.8 Å². The zero-order chi connectivity index (χ0) is 15.2. The van der Waals surface area contributed by atoms with Crippen molar-refractivity contribution in [3.8, 4) is 0 Å². The summed E-state index contributed by atoms with van der Waals surface area (Å²) in [5.74, 6) is 0.748. The lowest BCUT2D eigenvalue weighted by molar-refractivity contribution is 0.269. The molecule has 0 amide bonds. The van der Waals surface area contributed by atoms with Crippen molar-refractivity contribution in [3.63, 3.8) is 0 Å². The van der Waals surface area contributed by atoms with Gasteiger partial charge < -0.3 is 10.6 Å². The molecule has 0 bridgehead atoms. The van der Waals surface area contributed by atoms with Crippen molar-refractivity contribution < 1.29 is 4.39 Å². The van der Waals surface area contributed by atoms with Gasteiger partial charge in [0.15, 0.2) is 0 Å². The molecule has 1 aliphatic heterocycles. The fraction of sp³-hybridized carbons (Fsp3) is 0.667. The summed E-state index contributed by atoms with van der Waals surface area (Å²) >= 11 is 0. The molecule has 2 atom stereocenters. The van der Waals surface area contributed by atoms with Gasteiger partial charge in [-0.3, -0.25) is 0 Å². The standard InChI is InChI=1S/C18H29FN2/c1-3-15-5-4-10-21(11-8-15)12-9-18(20)16-7-6-14(2)17(19)13-16/h6-7,13,15,18H,3-5,8-12,20H2,1-2H3. The third-order valence-electron chi connectivity index (χ3n) is 4.90. The van der Waals surface area contributed by atoms with Gasteiger partial charge in [0.25, 0.3) is 0 Å². The minimum atomic E-state index is -0.150. The van der Waals surface area contributed by atoms with E-state index in [4.69, 9.17) is 5.73 Å². The first kappa shape index (κ1) is 16.4. The van der Waals surface area contributed by atoms with Crippen molar-refractivity contribution in [2.75, 3.05) is 19.6 Å². The average molecular weight is 292 g/mol. The minimum absolute atomic E-state index is 0.0645. The number of rotatable bonds is 5. The molecule has 0 radical (unpaired) electrons. The van der Waals surface area contributed by atoms with Crippen molar-refractivity contribution in [3.05, 3.63) is 35.1 Å². The van der Waals surface area contributed by atoms with Crippen molar-refractivity contribution in [1.82, 2.24) is 4.90 Å². The molecule has 1 aromatic rings. The van der Waals surface area contributed by atoms with Crippen LogP contribution in [0, 0.1) is 18.7 Å². The Morgan fingerprint density at radius 2 is 2.14 bits per heavy atom. The van der Waals surface area contributed by atoms with Crippen molar-refractivity contribution in [2.24, 2.45) is 11.7 Å². The van der Waals surface area contributed by atoms with E-state index in [1.54, 1.807) is 13.0 Å². The van der Waals surface area contributed by atoms with E-state index in [1.807, 2.05) is 12.1 Å². The molecule has 2 nitrogen and oxygen atoms in total. The Morgan fingerprint density at radius 3 is 2.86 bits per heavy atom. The summed E-state index contributed by atoms with van der Waals surface area (Å²) in [6.07, 6.45) is 6.18. The molecule has 2 N–H and O–H groups in total. The topological polar surface area (TPSA) is 29.3 Å². The smallest absolute Gasteiger partial charge is 0.126 e. The highest BCUT2D eigenvalue weighted by Gasteiger charge is 2.16. The SMILES string of the molecule is CCC1CCCN(CCC(N)c2ccc(C)c(F)c2)CC1. The Balaban J connectivity index is 1.83. The van der Waals surface area contributed by atoms with Crippen LogP contribution in [0.1, 0.15) is 56.2 Å². The second kappa shape index (κ2) is 7.90. The highest BCUT2D eigenvalue weighted by atomic mass is 19.1.